The van der Waals surface area contributed by atoms with E-state index in [1.165, 1.54) is 116 Å². The van der Waals surface area contributed by atoms with Crippen LogP contribution in [0.5, 0.6) is 0 Å². The van der Waals surface area contributed by atoms with Crippen LogP contribution < -0.4 is 0 Å². The van der Waals surface area contributed by atoms with Gasteiger partial charge in [-0.05, 0) is 252 Å². The highest BCUT2D eigenvalue weighted by Gasteiger charge is 2.46. The third kappa shape index (κ3) is 34.1. The van der Waals surface area contributed by atoms with E-state index in [2.05, 4.69) is 71.8 Å². The minimum absolute atomic E-state index is 0. The van der Waals surface area contributed by atoms with Gasteiger partial charge in [0.25, 0.3) is 0 Å². The molecule has 0 saturated heterocycles. The summed E-state index contributed by atoms with van der Waals surface area (Å²) in [4.78, 5) is 0. The normalized spacial score (nSPS) is 32.8. The largest absolute Gasteiger partial charge is 0.393 e. The van der Waals surface area contributed by atoms with Crippen molar-refractivity contribution >= 4 is 79.8 Å². The summed E-state index contributed by atoms with van der Waals surface area (Å²) in [5.74, 6) is 6.18. The Morgan fingerprint density at radius 2 is 0.706 bits per heavy atom. The average Bonchev–Trinajstić information content (AvgIpc) is 1.69. The standard InChI is InChI=1S/C21H40O3P2.C20H37ClO3P2.C20H35ClO3.C20H38O4P2.3H2/c1-3-22-14-8-7-11-18-16(2)15-21(24-26)19(18)12-13-20(23-25)17-9-5-4-6-10-17;1-2-22-13-7-6-10-16-17(20(24-26)14-18(16)21)11-12-19(23-25)15-8-4-3-5-9-15;1-2-24-13-7-6-10-16-17(20(23)14-18(16)21)11-12-19(22)15-8-4-3-5-9-15;1-2-22-13-7-6-10-16-17(20(24-26)14-18(16)21)11-12-19(23-25)15-8-4-3-5-9-15;;;/h7-8,16-21H,3-6,9-15,25-26H2,1-2H3;6-7,15-20H,2-5,8-14,25-26H2,1H3;6-7,15-20,22-23H,2-5,8-14H2,1H3;6-7,15-21H,2-5,8-14,25-26H2,1H3;3*1H/b8-7-;3*7-6-;;;/t16-,18-,19+,20+,21+;2*16-,17-,18-,19-,20-;16-,17-,18+,19-,20-;;;/m0111.../s1/i2*26T;;26T;3*1+2/t16-,18-,19+,20+,21+,26?;16-,17-,18-,19-,20-,26?;;16-,17-,18+,19-,20-,26?;;;. The van der Waals surface area contributed by atoms with E-state index in [9.17, 15) is 15.3 Å². The number of halogens is 2. The van der Waals surface area contributed by atoms with E-state index >= 15 is 0 Å². The van der Waals surface area contributed by atoms with Crippen LogP contribution in [0.1, 0.15) is 270 Å². The fourth-order valence-electron chi connectivity index (χ4n) is 19.2. The quantitative estimate of drug-likeness (QED) is 0.0230. The van der Waals surface area contributed by atoms with Crippen LogP contribution in [0, 0.1) is 76.9 Å². The Labute approximate surface area is 655 Å². The van der Waals surface area contributed by atoms with Crippen LogP contribution >= 0.6 is 79.8 Å². The molecule has 8 saturated carbocycles. The first-order chi connectivity index (χ1) is 51.2. The Bertz CT molecular complexity index is 2070. The second-order valence-corrected chi connectivity index (χ2v) is 34.0. The Morgan fingerprint density at radius 1 is 0.392 bits per heavy atom. The first-order valence-electron chi connectivity index (χ1n) is 42.5. The second kappa shape index (κ2) is 57.6. The van der Waals surface area contributed by atoms with Gasteiger partial charge in [0, 0.05) is 105 Å². The molecular weight excluding hydrogens is 1440 g/mol. The molecule has 0 spiro atoms. The number of ether oxygens (including phenoxy) is 4. The molecule has 0 aromatic carbocycles. The lowest BCUT2D eigenvalue weighted by atomic mass is 9.80. The summed E-state index contributed by atoms with van der Waals surface area (Å²) in [6, 6.07) is 0. The molecule has 0 aromatic rings. The van der Waals surface area contributed by atoms with Crippen molar-refractivity contribution in [2.24, 2.45) is 76.9 Å². The zero-order chi connectivity index (χ0) is 75.8. The van der Waals surface area contributed by atoms with Crippen molar-refractivity contribution in [3.8, 4) is 0 Å². The molecule has 8 rings (SSSR count). The van der Waals surface area contributed by atoms with Crippen molar-refractivity contribution in [1.29, 1.82) is 3.84 Å². The summed E-state index contributed by atoms with van der Waals surface area (Å²) in [5.41, 5.74) is 0. The van der Waals surface area contributed by atoms with Gasteiger partial charge in [0.1, 0.15) is 0 Å². The lowest BCUT2D eigenvalue weighted by Gasteiger charge is -2.31. The number of rotatable bonds is 45. The van der Waals surface area contributed by atoms with Gasteiger partial charge in [0.15, 0.2) is 0 Å². The van der Waals surface area contributed by atoms with Crippen molar-refractivity contribution in [3.05, 3.63) is 48.6 Å². The first kappa shape index (κ1) is 89.2. The molecule has 0 amide bonds. The highest BCUT2D eigenvalue weighted by Crippen LogP contribution is 2.48. The van der Waals surface area contributed by atoms with E-state index in [0.29, 0.717) is 111 Å². The highest BCUT2D eigenvalue weighted by molar-refractivity contribution is 7.10. The van der Waals surface area contributed by atoms with Crippen LogP contribution in [-0.2, 0) is 46.1 Å². The molecule has 0 bridgehead atoms. The van der Waals surface area contributed by atoms with Crippen LogP contribution in [0.4, 0.5) is 0 Å². The smallest absolute Gasteiger partial charge is 0.0851 e. The molecule has 26 atom stereocenters. The molecule has 8 aliphatic rings. The van der Waals surface area contributed by atoms with Crippen molar-refractivity contribution in [2.45, 2.75) is 331 Å². The maximum Gasteiger partial charge on any atom is 0.0851 e. The number of allylic oxidation sites excluding steroid dienone is 4. The molecule has 602 valence electrons. The lowest BCUT2D eigenvalue weighted by molar-refractivity contribution is 0.0536. The Hall–Kier alpha value is 1.60. The number of aliphatic hydroxyl groups excluding tert-OH is 3. The van der Waals surface area contributed by atoms with E-state index in [-0.39, 0.29) is 97.8 Å². The van der Waals surface area contributed by atoms with Gasteiger partial charge in [0.05, 0.1) is 85.2 Å². The maximum atomic E-state index is 10.6. The molecule has 0 radical (unpaired) electrons. The molecular formula is C81H156Cl2O13P6. The molecule has 6 unspecified atom stereocenters. The molecule has 8 aliphatic carbocycles. The minimum atomic E-state index is -0.349. The van der Waals surface area contributed by atoms with Crippen LogP contribution in [0.2, 0.25) is 0 Å². The van der Waals surface area contributed by atoms with Crippen molar-refractivity contribution in [2.75, 3.05) is 52.9 Å². The summed E-state index contributed by atoms with van der Waals surface area (Å²) in [6.45, 7) is 16.0. The molecule has 102 heavy (non-hydrogen) atoms. The molecule has 3 N–H and O–H groups in total. The van der Waals surface area contributed by atoms with Crippen LogP contribution in [0.15, 0.2) is 48.6 Å². The highest BCUT2D eigenvalue weighted by atomic mass is 35.5. The third-order valence-electron chi connectivity index (χ3n) is 25.1. The van der Waals surface area contributed by atoms with E-state index in [1.807, 2.05) is 39.8 Å². The maximum absolute atomic E-state index is 10.6. The van der Waals surface area contributed by atoms with Gasteiger partial charge < -0.3 is 61.4 Å². The SMILES string of the molecule is CCOC/C=C\C[C@@H]1[C@@H](CC[C@@H](O)C2CCCCC2)[C@H](O)C[C@H]1Cl.[3HH].[3HH].[3HH].[3H]PO[C@@H]1C[C@@H](Cl)[C@H](C/C=C\COCC)[C@H]1CC[C@@H](OP)C1CCCCC1.[3H]PO[C@@H]1C[C@H](C)[C@H](C/C=C\COCC)[C@H]1CC[C@@H](OP)C1CCCCC1.[3H]PO[C@@H]1C[C@H](O)[C@H](C/C=C\COCC)[C@H]1CC[C@@H](OP)C1CCCCC1. The third-order valence-corrected chi connectivity index (χ3v) is 28.1. The molecule has 0 aromatic heterocycles. The monoisotopic (exact) mass is 1600 g/mol. The lowest BCUT2D eigenvalue weighted by Crippen LogP contribution is -2.27. The number of hydrogen-bond donors (Lipinski definition) is 3. The molecule has 0 heterocycles. The van der Waals surface area contributed by atoms with E-state index in [4.69, 9.17) is 73.1 Å². The Balaban J connectivity index is 0.000000485. The fraction of sp³-hybridized carbons (Fsp3) is 0.901. The van der Waals surface area contributed by atoms with Crippen LogP contribution in [0.3, 0.4) is 0 Å². The second-order valence-electron chi connectivity index (χ2n) is 31.3. The molecule has 0 aliphatic heterocycles. The number of aliphatic hydroxyl groups is 3. The van der Waals surface area contributed by atoms with Crippen molar-refractivity contribution in [3.63, 3.8) is 0 Å². The topological polar surface area (TPSA) is 153 Å². The Morgan fingerprint density at radius 3 is 1.10 bits per heavy atom. The summed E-state index contributed by atoms with van der Waals surface area (Å²) < 4.78 is 78.8. The first-order valence-corrected chi connectivity index (χ1v) is 44.5. The van der Waals surface area contributed by atoms with Crippen molar-refractivity contribution in [1.82, 2.24) is 0 Å². The van der Waals surface area contributed by atoms with E-state index < -0.39 is 0 Å². The van der Waals surface area contributed by atoms with Crippen LogP contribution in [-0.4, -0.2) is 138 Å². The van der Waals surface area contributed by atoms with Crippen molar-refractivity contribution < 1.29 is 65.7 Å². The summed E-state index contributed by atoms with van der Waals surface area (Å²) in [7, 11) is 6.85. The van der Waals surface area contributed by atoms with Gasteiger partial charge in [0.2, 0.25) is 0 Å². The predicted octanol–water partition coefficient (Wildman–Crippen LogP) is 21.6. The van der Waals surface area contributed by atoms with Gasteiger partial charge in [-0.2, -0.15) is 0 Å². The summed E-state index contributed by atoms with van der Waals surface area (Å²) in [6.07, 6.45) is 58.7. The minimum Gasteiger partial charge on any atom is -0.393 e. The zero-order valence-corrected chi connectivity index (χ0v) is 72.0. The molecule has 8 fully saturated rings. The van der Waals surface area contributed by atoms with Crippen LogP contribution in [0.25, 0.3) is 0 Å². The molecule has 21 heteroatoms. The predicted molar refractivity (Wildman–Crippen MR) is 451 cm³/mol. The van der Waals surface area contributed by atoms with E-state index in [1.54, 1.807) is 0 Å². The van der Waals surface area contributed by atoms with Gasteiger partial charge in [-0.3, -0.25) is 0 Å². The Kier molecular flexibility index (Phi) is 50.3. The average molecular weight is 1610 g/mol. The van der Waals surface area contributed by atoms with Gasteiger partial charge in [-0.25, -0.2) is 0 Å². The number of alkyl halides is 2. The van der Waals surface area contributed by atoms with E-state index in [0.717, 1.165) is 135 Å². The fourth-order valence-corrected chi connectivity index (χ4v) is 22.0. The van der Waals surface area contributed by atoms with Gasteiger partial charge in [-0.15, -0.1) is 23.2 Å². The van der Waals surface area contributed by atoms with Gasteiger partial charge in [-0.1, -0.05) is 133 Å². The summed E-state index contributed by atoms with van der Waals surface area (Å²) >= 11 is 13.2. The summed E-state index contributed by atoms with van der Waals surface area (Å²) in [5, 5.41) is 31.6. The zero-order valence-electron chi connectivity index (χ0n) is 67.0. The van der Waals surface area contributed by atoms with Gasteiger partial charge >= 0.3 is 0 Å². The number of hydrogen-bond acceptors (Lipinski definition) is 13. The molecule has 13 nitrogen and oxygen atoms in total.